The highest BCUT2D eigenvalue weighted by atomic mass is 16.5. The van der Waals surface area contributed by atoms with E-state index >= 15 is 0 Å². The summed E-state index contributed by atoms with van der Waals surface area (Å²) in [4.78, 5) is 5.70. The maximum atomic E-state index is 9.27. The number of methoxy groups -OCH3 is 1. The Morgan fingerprint density at radius 2 is 2.12 bits per heavy atom. The van der Waals surface area contributed by atoms with E-state index in [9.17, 15) is 5.26 Å². The van der Waals surface area contributed by atoms with Crippen LogP contribution in [0, 0.1) is 11.3 Å². The second-order valence-electron chi connectivity index (χ2n) is 5.96. The van der Waals surface area contributed by atoms with E-state index in [2.05, 4.69) is 16.4 Å². The summed E-state index contributed by atoms with van der Waals surface area (Å²) in [5.74, 6) is 1.57. The van der Waals surface area contributed by atoms with Crippen molar-refractivity contribution in [3.8, 4) is 11.8 Å². The van der Waals surface area contributed by atoms with Crippen LogP contribution in [0.4, 0.5) is 5.88 Å². The van der Waals surface area contributed by atoms with E-state index in [0.29, 0.717) is 11.8 Å². The highest BCUT2D eigenvalue weighted by Crippen LogP contribution is 2.22. The quantitative estimate of drug-likeness (QED) is 0.772. The number of nitrogens with one attached hydrogen (secondary N) is 2. The zero-order valence-electron chi connectivity index (χ0n) is 14.8. The van der Waals surface area contributed by atoms with Gasteiger partial charge in [-0.2, -0.15) is 10.2 Å². The third kappa shape index (κ3) is 4.63. The summed E-state index contributed by atoms with van der Waals surface area (Å²) in [6.07, 6.45) is 3.59. The molecule has 3 rings (SSSR count). The van der Waals surface area contributed by atoms with Gasteiger partial charge in [0.2, 0.25) is 17.5 Å². The van der Waals surface area contributed by atoms with Crippen molar-refractivity contribution in [2.24, 2.45) is 0 Å². The number of nitriles is 1. The minimum Gasteiger partial charge on any atom is -0.496 e. The molecule has 26 heavy (non-hydrogen) atoms. The Morgan fingerprint density at radius 1 is 1.31 bits per heavy atom. The van der Waals surface area contributed by atoms with Gasteiger partial charge < -0.3 is 24.1 Å². The molecule has 0 saturated carbocycles. The molecule has 0 radical (unpaired) electrons. The van der Waals surface area contributed by atoms with Crippen LogP contribution < -0.4 is 15.0 Å². The van der Waals surface area contributed by atoms with Crippen molar-refractivity contribution in [3.63, 3.8) is 0 Å². The fourth-order valence-corrected chi connectivity index (χ4v) is 2.83. The molecule has 0 bridgehead atoms. The van der Waals surface area contributed by atoms with Gasteiger partial charge in [0.1, 0.15) is 24.9 Å². The molecule has 1 aliphatic heterocycles. The monoisotopic (exact) mass is 355 g/mol. The molecule has 7 heteroatoms. The van der Waals surface area contributed by atoms with E-state index in [1.54, 1.807) is 13.2 Å². The van der Waals surface area contributed by atoms with Crippen LogP contribution in [0.15, 0.2) is 28.7 Å². The summed E-state index contributed by atoms with van der Waals surface area (Å²) in [6, 6.07) is 9.74. The second kappa shape index (κ2) is 9.04. The average Bonchev–Trinajstić information content (AvgIpc) is 3.09. The first kappa shape index (κ1) is 18.0. The lowest BCUT2D eigenvalue weighted by Crippen LogP contribution is -3.14. The highest BCUT2D eigenvalue weighted by Gasteiger charge is 2.15. The summed E-state index contributed by atoms with van der Waals surface area (Å²) in [5, 5.41) is 12.4. The SMILES string of the molecule is COc1ccccc1/C=C/c1nc(C#N)c(NCC[NH+]2CCOCC2)o1. The van der Waals surface area contributed by atoms with Gasteiger partial charge in [-0.05, 0) is 12.1 Å². The number of anilines is 1. The zero-order valence-corrected chi connectivity index (χ0v) is 14.8. The number of hydrogen-bond acceptors (Lipinski definition) is 6. The van der Waals surface area contributed by atoms with Crippen molar-refractivity contribution in [1.82, 2.24) is 4.98 Å². The number of hydrogen-bond donors (Lipinski definition) is 2. The van der Waals surface area contributed by atoms with Gasteiger partial charge in [-0.3, -0.25) is 0 Å². The Balaban J connectivity index is 1.62. The smallest absolute Gasteiger partial charge is 0.232 e. The Labute approximate surface area is 152 Å². The number of aromatic nitrogens is 1. The molecule has 1 aromatic heterocycles. The van der Waals surface area contributed by atoms with Crippen molar-refractivity contribution in [1.29, 1.82) is 5.26 Å². The number of para-hydroxylation sites is 1. The zero-order chi connectivity index (χ0) is 18.2. The summed E-state index contributed by atoms with van der Waals surface area (Å²) >= 11 is 0. The maximum absolute atomic E-state index is 9.27. The van der Waals surface area contributed by atoms with E-state index in [4.69, 9.17) is 13.9 Å². The van der Waals surface area contributed by atoms with Crippen molar-refractivity contribution in [2.45, 2.75) is 0 Å². The summed E-state index contributed by atoms with van der Waals surface area (Å²) in [7, 11) is 1.63. The molecular weight excluding hydrogens is 332 g/mol. The second-order valence-corrected chi connectivity index (χ2v) is 5.96. The lowest BCUT2D eigenvalue weighted by atomic mass is 10.2. The normalized spacial score (nSPS) is 15.1. The van der Waals surface area contributed by atoms with Crippen LogP contribution in [-0.4, -0.2) is 51.5 Å². The minimum atomic E-state index is 0.265. The topological polar surface area (TPSA) is 84.8 Å². The van der Waals surface area contributed by atoms with Gasteiger partial charge in [0.15, 0.2) is 0 Å². The molecule has 1 fully saturated rings. The van der Waals surface area contributed by atoms with Gasteiger partial charge in [0.25, 0.3) is 0 Å². The van der Waals surface area contributed by atoms with Gasteiger partial charge in [-0.1, -0.05) is 18.2 Å². The first-order valence-corrected chi connectivity index (χ1v) is 8.67. The first-order chi connectivity index (χ1) is 12.8. The standard InChI is InChI=1S/C19H22N4O3/c1-24-17-5-3-2-4-15(17)6-7-18-22-16(14-20)19(26-18)21-8-9-23-10-12-25-13-11-23/h2-7,21H,8-13H2,1H3/p+1/b7-6+. The molecule has 0 unspecified atom stereocenters. The van der Waals surface area contributed by atoms with Crippen LogP contribution in [0.3, 0.4) is 0 Å². The molecule has 0 spiro atoms. The third-order valence-corrected chi connectivity index (χ3v) is 4.26. The summed E-state index contributed by atoms with van der Waals surface area (Å²) in [5.41, 5.74) is 1.18. The average molecular weight is 355 g/mol. The Morgan fingerprint density at radius 3 is 2.88 bits per heavy atom. The molecular formula is C19H23N4O3+. The van der Waals surface area contributed by atoms with Crippen molar-refractivity contribution in [3.05, 3.63) is 41.4 Å². The molecule has 0 amide bonds. The molecule has 1 aromatic carbocycles. The number of morpholine rings is 1. The van der Waals surface area contributed by atoms with Crippen LogP contribution >= 0.6 is 0 Å². The van der Waals surface area contributed by atoms with Gasteiger partial charge in [-0.25, -0.2) is 0 Å². The molecule has 2 N–H and O–H groups in total. The van der Waals surface area contributed by atoms with Crippen LogP contribution in [-0.2, 0) is 4.74 Å². The van der Waals surface area contributed by atoms with Crippen LogP contribution in [0.25, 0.3) is 12.2 Å². The number of benzene rings is 1. The molecule has 0 aliphatic carbocycles. The molecule has 7 nitrogen and oxygen atoms in total. The van der Waals surface area contributed by atoms with E-state index < -0.39 is 0 Å². The minimum absolute atomic E-state index is 0.265. The van der Waals surface area contributed by atoms with Crippen molar-refractivity contribution >= 4 is 18.0 Å². The third-order valence-electron chi connectivity index (χ3n) is 4.26. The fourth-order valence-electron chi connectivity index (χ4n) is 2.83. The fraction of sp³-hybridized carbons (Fsp3) is 0.368. The summed E-state index contributed by atoms with van der Waals surface area (Å²) < 4.78 is 16.4. The number of ether oxygens (including phenoxy) is 2. The van der Waals surface area contributed by atoms with Gasteiger partial charge >= 0.3 is 0 Å². The van der Waals surface area contributed by atoms with Crippen LogP contribution in [0.2, 0.25) is 0 Å². The van der Waals surface area contributed by atoms with E-state index in [0.717, 1.165) is 50.7 Å². The van der Waals surface area contributed by atoms with E-state index in [-0.39, 0.29) is 5.69 Å². The molecule has 1 saturated heterocycles. The Bertz CT molecular complexity index is 788. The van der Waals surface area contributed by atoms with Crippen LogP contribution in [0.5, 0.6) is 5.75 Å². The lowest BCUT2D eigenvalue weighted by molar-refractivity contribution is -0.906. The van der Waals surface area contributed by atoms with Crippen molar-refractivity contribution < 1.29 is 18.8 Å². The summed E-state index contributed by atoms with van der Waals surface area (Å²) in [6.45, 7) is 5.29. The lowest BCUT2D eigenvalue weighted by Gasteiger charge is -2.23. The maximum Gasteiger partial charge on any atom is 0.232 e. The number of oxazole rings is 1. The molecule has 2 aromatic rings. The number of quaternary nitrogens is 1. The molecule has 0 atom stereocenters. The Kier molecular flexibility index (Phi) is 6.25. The molecule has 2 heterocycles. The Hall–Kier alpha value is -2.82. The largest absolute Gasteiger partial charge is 0.496 e. The first-order valence-electron chi connectivity index (χ1n) is 8.67. The van der Waals surface area contributed by atoms with Crippen molar-refractivity contribution in [2.75, 3.05) is 51.8 Å². The molecule has 136 valence electrons. The van der Waals surface area contributed by atoms with Gasteiger partial charge in [-0.15, -0.1) is 0 Å². The number of nitrogens with zero attached hydrogens (tertiary/aromatic N) is 2. The van der Waals surface area contributed by atoms with E-state index in [1.165, 1.54) is 4.90 Å². The van der Waals surface area contributed by atoms with Gasteiger partial charge in [0.05, 0.1) is 33.4 Å². The highest BCUT2D eigenvalue weighted by molar-refractivity contribution is 5.70. The van der Waals surface area contributed by atoms with E-state index in [1.807, 2.05) is 30.3 Å². The predicted molar refractivity (Wildman–Crippen MR) is 98.0 cm³/mol. The number of rotatable bonds is 7. The predicted octanol–water partition coefficient (Wildman–Crippen LogP) is 1.05. The molecule has 1 aliphatic rings. The van der Waals surface area contributed by atoms with Gasteiger partial charge in [0, 0.05) is 11.6 Å². The van der Waals surface area contributed by atoms with Crippen LogP contribution in [0.1, 0.15) is 17.1 Å².